The normalized spacial score (nSPS) is 10.4. The van der Waals surface area contributed by atoms with Gasteiger partial charge >= 0.3 is 12.0 Å². The van der Waals surface area contributed by atoms with Gasteiger partial charge in [0.15, 0.2) is 5.69 Å². The fourth-order valence-corrected chi connectivity index (χ4v) is 2.56. The number of aromatic carboxylic acids is 1. The number of anilines is 1. The summed E-state index contributed by atoms with van der Waals surface area (Å²) in [5.41, 5.74) is 1.13. The number of carboxylic acid groups (broad SMARTS) is 1. The molecular weight excluding hydrogens is 376 g/mol. The Morgan fingerprint density at radius 1 is 1.14 bits per heavy atom. The van der Waals surface area contributed by atoms with E-state index in [0.29, 0.717) is 17.8 Å². The van der Waals surface area contributed by atoms with Gasteiger partial charge in [0.25, 0.3) is 5.56 Å². The van der Waals surface area contributed by atoms with Crippen LogP contribution in [0.4, 0.5) is 10.5 Å². The highest BCUT2D eigenvalue weighted by molar-refractivity contribution is 5.90. The number of benzene rings is 2. The first-order chi connectivity index (χ1) is 13.8. The van der Waals surface area contributed by atoms with Crippen molar-refractivity contribution < 1.29 is 19.8 Å². The zero-order valence-electron chi connectivity index (χ0n) is 15.4. The lowest BCUT2D eigenvalue weighted by molar-refractivity contribution is 0.0686. The molecule has 0 atom stereocenters. The number of aromatic hydroxyl groups is 1. The van der Waals surface area contributed by atoms with Gasteiger partial charge in [0.05, 0.1) is 0 Å². The third-order valence-electron chi connectivity index (χ3n) is 4.07. The maximum Gasteiger partial charge on any atom is 0.358 e. The van der Waals surface area contributed by atoms with Crippen molar-refractivity contribution in [1.29, 1.82) is 0 Å². The van der Waals surface area contributed by atoms with Crippen LogP contribution in [0.25, 0.3) is 11.4 Å². The molecule has 0 aliphatic rings. The van der Waals surface area contributed by atoms with E-state index >= 15 is 0 Å². The van der Waals surface area contributed by atoms with Crippen LogP contribution in [0.5, 0.6) is 5.75 Å². The van der Waals surface area contributed by atoms with Crippen LogP contribution in [-0.4, -0.2) is 32.2 Å². The van der Waals surface area contributed by atoms with Crippen molar-refractivity contribution in [3.05, 3.63) is 75.7 Å². The number of urea groups is 1. The summed E-state index contributed by atoms with van der Waals surface area (Å²) < 4.78 is 0. The van der Waals surface area contributed by atoms with Crippen LogP contribution < -0.4 is 16.2 Å². The summed E-state index contributed by atoms with van der Waals surface area (Å²) >= 11 is 0. The molecule has 3 rings (SSSR count). The highest BCUT2D eigenvalue weighted by Gasteiger charge is 2.17. The van der Waals surface area contributed by atoms with Crippen molar-refractivity contribution in [3.63, 3.8) is 0 Å². The number of nitrogens with one attached hydrogen (secondary N) is 3. The number of amides is 2. The topological polar surface area (TPSA) is 144 Å². The number of rotatable bonds is 5. The van der Waals surface area contributed by atoms with Gasteiger partial charge in [-0.15, -0.1) is 0 Å². The number of hydrogen-bond acceptors (Lipinski definition) is 5. The second kappa shape index (κ2) is 8.26. The molecule has 0 aliphatic heterocycles. The summed E-state index contributed by atoms with van der Waals surface area (Å²) in [4.78, 5) is 41.1. The Bertz CT molecular complexity index is 1120. The largest absolute Gasteiger partial charge is 0.501 e. The second-order valence-electron chi connectivity index (χ2n) is 6.29. The Hall–Kier alpha value is -4.14. The van der Waals surface area contributed by atoms with Crippen LogP contribution in [0.15, 0.2) is 53.3 Å². The van der Waals surface area contributed by atoms with E-state index in [2.05, 4.69) is 20.6 Å². The summed E-state index contributed by atoms with van der Waals surface area (Å²) in [6, 6.07) is 13.7. The Kier molecular flexibility index (Phi) is 5.59. The summed E-state index contributed by atoms with van der Waals surface area (Å²) in [5.74, 6) is -2.54. The van der Waals surface area contributed by atoms with E-state index in [1.54, 1.807) is 18.2 Å². The van der Waals surface area contributed by atoms with E-state index in [0.717, 1.165) is 11.1 Å². The Morgan fingerprint density at radius 3 is 2.55 bits per heavy atom. The predicted octanol–water partition coefficient (Wildman–Crippen LogP) is 2.47. The first-order valence-electron chi connectivity index (χ1n) is 8.61. The van der Waals surface area contributed by atoms with Crippen molar-refractivity contribution in [2.24, 2.45) is 0 Å². The smallest absolute Gasteiger partial charge is 0.358 e. The number of carbonyl (C=O) groups is 2. The van der Waals surface area contributed by atoms with Gasteiger partial charge in [0, 0.05) is 17.8 Å². The monoisotopic (exact) mass is 394 g/mol. The van der Waals surface area contributed by atoms with E-state index in [-0.39, 0.29) is 5.82 Å². The van der Waals surface area contributed by atoms with Crippen LogP contribution in [0.2, 0.25) is 0 Å². The van der Waals surface area contributed by atoms with Gasteiger partial charge in [-0.1, -0.05) is 42.0 Å². The van der Waals surface area contributed by atoms with Gasteiger partial charge in [-0.25, -0.2) is 14.6 Å². The highest BCUT2D eigenvalue weighted by Crippen LogP contribution is 2.20. The minimum absolute atomic E-state index is 0.0473. The number of carbonyl (C=O) groups excluding carboxylic acids is 1. The number of H-pyrrole nitrogens is 1. The standard InChI is InChI=1S/C20H18N4O5/c1-11-5-7-12(8-6-11)10-21-20(29)22-14-4-2-3-13(9-14)17-23-15(19(27)28)16(25)18(26)24-17/h2-9,25H,10H2,1H3,(H,27,28)(H2,21,22,29)(H,23,24,26). The zero-order valence-corrected chi connectivity index (χ0v) is 15.4. The molecule has 0 radical (unpaired) electrons. The van der Waals surface area contributed by atoms with Crippen LogP contribution in [0.3, 0.4) is 0 Å². The van der Waals surface area contributed by atoms with Crippen LogP contribution >= 0.6 is 0 Å². The van der Waals surface area contributed by atoms with E-state index in [1.807, 2.05) is 31.2 Å². The molecular formula is C20H18N4O5. The summed E-state index contributed by atoms with van der Waals surface area (Å²) in [6.07, 6.45) is 0. The Balaban J connectivity index is 1.74. The molecule has 0 fully saturated rings. The fraction of sp³-hybridized carbons (Fsp3) is 0.100. The average Bonchev–Trinajstić information content (AvgIpc) is 2.69. The van der Waals surface area contributed by atoms with Crippen molar-refractivity contribution in [3.8, 4) is 17.1 Å². The number of hydrogen-bond donors (Lipinski definition) is 5. The average molecular weight is 394 g/mol. The lowest BCUT2D eigenvalue weighted by atomic mass is 10.1. The number of aromatic amines is 1. The minimum atomic E-state index is -1.53. The summed E-state index contributed by atoms with van der Waals surface area (Å²) in [7, 11) is 0. The maximum absolute atomic E-state index is 12.1. The molecule has 148 valence electrons. The molecule has 29 heavy (non-hydrogen) atoms. The highest BCUT2D eigenvalue weighted by atomic mass is 16.4. The zero-order chi connectivity index (χ0) is 21.0. The fourth-order valence-electron chi connectivity index (χ4n) is 2.56. The van der Waals surface area contributed by atoms with Gasteiger partial charge in [0.1, 0.15) is 5.82 Å². The van der Waals surface area contributed by atoms with Crippen molar-refractivity contribution in [1.82, 2.24) is 15.3 Å². The first-order valence-corrected chi connectivity index (χ1v) is 8.61. The Labute approximate surface area is 165 Å². The maximum atomic E-state index is 12.1. The molecule has 9 nitrogen and oxygen atoms in total. The summed E-state index contributed by atoms with van der Waals surface area (Å²) in [6.45, 7) is 2.33. The molecule has 1 heterocycles. The van der Waals surface area contributed by atoms with Crippen LogP contribution in [-0.2, 0) is 6.54 Å². The van der Waals surface area contributed by atoms with Gasteiger partial charge in [0.2, 0.25) is 5.75 Å². The van der Waals surface area contributed by atoms with Crippen LogP contribution in [0.1, 0.15) is 21.6 Å². The van der Waals surface area contributed by atoms with E-state index in [1.165, 1.54) is 6.07 Å². The van der Waals surface area contributed by atoms with Crippen molar-refractivity contribution in [2.45, 2.75) is 13.5 Å². The molecule has 1 aromatic heterocycles. The van der Waals surface area contributed by atoms with Crippen molar-refractivity contribution in [2.75, 3.05) is 5.32 Å². The predicted molar refractivity (Wildman–Crippen MR) is 106 cm³/mol. The molecule has 2 amide bonds. The minimum Gasteiger partial charge on any atom is -0.501 e. The van der Waals surface area contributed by atoms with E-state index < -0.39 is 29.0 Å². The Morgan fingerprint density at radius 2 is 1.86 bits per heavy atom. The van der Waals surface area contributed by atoms with E-state index in [9.17, 15) is 19.5 Å². The number of aryl methyl sites for hydroxylation is 1. The first kappa shape index (κ1) is 19.6. The lowest BCUT2D eigenvalue weighted by Gasteiger charge is -2.10. The SMILES string of the molecule is Cc1ccc(CNC(=O)Nc2cccc(-c3nc(C(=O)O)c(O)c(=O)[nH]3)c2)cc1. The lowest BCUT2D eigenvalue weighted by Crippen LogP contribution is -2.28. The molecule has 5 N–H and O–H groups in total. The summed E-state index contributed by atoms with van der Waals surface area (Å²) in [5, 5.41) is 24.0. The molecule has 0 spiro atoms. The van der Waals surface area contributed by atoms with Gasteiger partial charge in [-0.05, 0) is 24.6 Å². The molecule has 0 bridgehead atoms. The third kappa shape index (κ3) is 4.78. The third-order valence-corrected chi connectivity index (χ3v) is 4.07. The molecule has 9 heteroatoms. The van der Waals surface area contributed by atoms with Gasteiger partial charge in [-0.3, -0.25) is 4.79 Å². The van der Waals surface area contributed by atoms with Gasteiger partial charge < -0.3 is 25.8 Å². The molecule has 2 aromatic carbocycles. The quantitative estimate of drug-likeness (QED) is 0.450. The molecule has 0 saturated heterocycles. The number of nitrogens with zero attached hydrogens (tertiary/aromatic N) is 1. The molecule has 0 aliphatic carbocycles. The molecule has 3 aromatic rings. The number of aromatic nitrogens is 2. The van der Waals surface area contributed by atoms with Crippen molar-refractivity contribution >= 4 is 17.7 Å². The van der Waals surface area contributed by atoms with Crippen LogP contribution in [0, 0.1) is 6.92 Å². The molecule has 0 unspecified atom stereocenters. The number of carboxylic acids is 1. The van der Waals surface area contributed by atoms with Gasteiger partial charge in [-0.2, -0.15) is 0 Å². The second-order valence-corrected chi connectivity index (χ2v) is 6.29. The van der Waals surface area contributed by atoms with E-state index in [4.69, 9.17) is 5.11 Å². The molecule has 0 saturated carbocycles.